The van der Waals surface area contributed by atoms with Gasteiger partial charge in [0.15, 0.2) is 0 Å². The highest BCUT2D eigenvalue weighted by molar-refractivity contribution is 6.30. The van der Waals surface area contributed by atoms with Crippen molar-refractivity contribution in [3.8, 4) is 0 Å². The maximum atomic E-state index is 5.93. The Kier molecular flexibility index (Phi) is 2.58. The van der Waals surface area contributed by atoms with Crippen LogP contribution < -0.4 is 5.32 Å². The number of aromatic nitrogens is 2. The Morgan fingerprint density at radius 2 is 2.50 bits per heavy atom. The molecule has 1 fully saturated rings. The summed E-state index contributed by atoms with van der Waals surface area (Å²) in [5, 5.41) is 4.22. The van der Waals surface area contributed by atoms with Crippen LogP contribution in [-0.2, 0) is 6.42 Å². The van der Waals surface area contributed by atoms with Crippen molar-refractivity contribution >= 4 is 17.2 Å². The first-order chi connectivity index (χ1) is 7.81. The van der Waals surface area contributed by atoms with E-state index >= 15 is 0 Å². The minimum Gasteiger partial charge on any atom is -0.314 e. The molecule has 3 heterocycles. The predicted octanol–water partition coefficient (Wildman–Crippen LogP) is 2.28. The summed E-state index contributed by atoms with van der Waals surface area (Å²) >= 11 is 5.93. The number of nitrogens with one attached hydrogen (secondary N) is 1. The van der Waals surface area contributed by atoms with Gasteiger partial charge in [-0.05, 0) is 31.5 Å². The molecule has 1 atom stereocenters. The summed E-state index contributed by atoms with van der Waals surface area (Å²) in [6.07, 6.45) is 7.60. The number of fused-ring (bicyclic) bond motifs is 1. The largest absolute Gasteiger partial charge is 0.314 e. The minimum atomic E-state index is 0.598. The Bertz CT molecular complexity index is 500. The second-order valence-electron chi connectivity index (χ2n) is 4.34. The number of imidazole rings is 1. The highest BCUT2D eigenvalue weighted by Gasteiger charge is 2.15. The monoisotopic (exact) mass is 235 g/mol. The molecule has 2 aromatic heterocycles. The van der Waals surface area contributed by atoms with Crippen molar-refractivity contribution < 1.29 is 0 Å². The molecule has 0 aliphatic carbocycles. The van der Waals surface area contributed by atoms with Gasteiger partial charge in [-0.3, -0.25) is 0 Å². The van der Waals surface area contributed by atoms with Crippen molar-refractivity contribution in [2.75, 3.05) is 6.54 Å². The van der Waals surface area contributed by atoms with Crippen molar-refractivity contribution in [3.05, 3.63) is 35.2 Å². The number of rotatable bonds is 2. The van der Waals surface area contributed by atoms with Gasteiger partial charge in [-0.15, -0.1) is 0 Å². The van der Waals surface area contributed by atoms with E-state index in [0.29, 0.717) is 6.04 Å². The lowest BCUT2D eigenvalue weighted by molar-refractivity contribution is 0.597. The molecule has 0 spiro atoms. The van der Waals surface area contributed by atoms with Crippen LogP contribution >= 0.6 is 11.6 Å². The summed E-state index contributed by atoms with van der Waals surface area (Å²) < 4.78 is 2.02. The zero-order valence-corrected chi connectivity index (χ0v) is 9.74. The summed E-state index contributed by atoms with van der Waals surface area (Å²) in [6, 6.07) is 4.38. The number of hydrogen-bond donors (Lipinski definition) is 1. The van der Waals surface area contributed by atoms with Crippen LogP contribution in [0.2, 0.25) is 5.02 Å². The first-order valence-electron chi connectivity index (χ1n) is 5.68. The fraction of sp³-hybridized carbons (Fsp3) is 0.417. The lowest BCUT2D eigenvalue weighted by Gasteiger charge is -2.06. The van der Waals surface area contributed by atoms with Crippen LogP contribution in [0.4, 0.5) is 0 Å². The van der Waals surface area contributed by atoms with Crippen molar-refractivity contribution in [1.29, 1.82) is 0 Å². The van der Waals surface area contributed by atoms with Crippen molar-refractivity contribution in [3.63, 3.8) is 0 Å². The van der Waals surface area contributed by atoms with E-state index in [-0.39, 0.29) is 0 Å². The first-order valence-corrected chi connectivity index (χ1v) is 6.05. The summed E-state index contributed by atoms with van der Waals surface area (Å²) in [4.78, 5) is 4.58. The van der Waals surface area contributed by atoms with Gasteiger partial charge in [0, 0.05) is 29.9 Å². The molecular weight excluding hydrogens is 222 g/mol. The molecule has 1 aliphatic heterocycles. The van der Waals surface area contributed by atoms with Crippen molar-refractivity contribution in [2.24, 2.45) is 0 Å². The van der Waals surface area contributed by atoms with E-state index < -0.39 is 0 Å². The fourth-order valence-corrected chi connectivity index (χ4v) is 2.45. The topological polar surface area (TPSA) is 29.3 Å². The molecule has 0 aromatic carbocycles. The molecule has 4 heteroatoms. The van der Waals surface area contributed by atoms with E-state index in [9.17, 15) is 0 Å². The van der Waals surface area contributed by atoms with Gasteiger partial charge < -0.3 is 9.72 Å². The Labute approximate surface area is 99.4 Å². The number of halogens is 1. The molecule has 1 saturated heterocycles. The molecule has 0 bridgehead atoms. The van der Waals surface area contributed by atoms with Gasteiger partial charge >= 0.3 is 0 Å². The van der Waals surface area contributed by atoms with Crippen LogP contribution in [0.15, 0.2) is 24.5 Å². The standard InChI is InChI=1S/C12H14ClN3/c13-9-3-5-16-8-11(15-12(16)6-9)7-10-2-1-4-14-10/h3,5-6,8,10,14H,1-2,4,7H2. The molecular formula is C12H14ClN3. The molecule has 1 unspecified atom stereocenters. The van der Waals surface area contributed by atoms with E-state index in [1.54, 1.807) is 0 Å². The Hall–Kier alpha value is -1.06. The third kappa shape index (κ3) is 1.93. The van der Waals surface area contributed by atoms with Gasteiger partial charge in [0.1, 0.15) is 5.65 Å². The second-order valence-corrected chi connectivity index (χ2v) is 4.78. The second kappa shape index (κ2) is 4.07. The molecule has 1 aliphatic rings. The molecule has 2 aromatic rings. The lowest BCUT2D eigenvalue weighted by atomic mass is 10.1. The smallest absolute Gasteiger partial charge is 0.138 e. The first kappa shape index (κ1) is 10.1. The zero-order valence-electron chi connectivity index (χ0n) is 8.99. The van der Waals surface area contributed by atoms with Crippen LogP contribution in [-0.4, -0.2) is 22.0 Å². The molecule has 16 heavy (non-hydrogen) atoms. The average Bonchev–Trinajstić information content (AvgIpc) is 2.86. The maximum Gasteiger partial charge on any atom is 0.138 e. The summed E-state index contributed by atoms with van der Waals surface area (Å²) in [6.45, 7) is 1.14. The molecule has 3 rings (SSSR count). The molecule has 3 nitrogen and oxygen atoms in total. The minimum absolute atomic E-state index is 0.598. The van der Waals surface area contributed by atoms with E-state index in [4.69, 9.17) is 11.6 Å². The van der Waals surface area contributed by atoms with Gasteiger partial charge in [0.25, 0.3) is 0 Å². The number of hydrogen-bond acceptors (Lipinski definition) is 2. The van der Waals surface area contributed by atoms with E-state index in [1.807, 2.05) is 22.7 Å². The highest BCUT2D eigenvalue weighted by Crippen LogP contribution is 2.15. The summed E-state index contributed by atoms with van der Waals surface area (Å²) in [7, 11) is 0. The fourth-order valence-electron chi connectivity index (χ4n) is 2.29. The van der Waals surface area contributed by atoms with E-state index in [2.05, 4.69) is 16.5 Å². The zero-order chi connectivity index (χ0) is 11.0. The Balaban J connectivity index is 1.86. The quantitative estimate of drug-likeness (QED) is 0.866. The number of nitrogens with zero attached hydrogens (tertiary/aromatic N) is 2. The van der Waals surface area contributed by atoms with Crippen LogP contribution in [0.1, 0.15) is 18.5 Å². The van der Waals surface area contributed by atoms with E-state index in [1.165, 1.54) is 12.8 Å². The predicted molar refractivity (Wildman–Crippen MR) is 64.9 cm³/mol. The van der Waals surface area contributed by atoms with Gasteiger partial charge in [-0.2, -0.15) is 0 Å². The van der Waals surface area contributed by atoms with Crippen LogP contribution in [0.3, 0.4) is 0 Å². The van der Waals surface area contributed by atoms with E-state index in [0.717, 1.165) is 29.3 Å². The Morgan fingerprint density at radius 1 is 1.56 bits per heavy atom. The average molecular weight is 236 g/mol. The lowest BCUT2D eigenvalue weighted by Crippen LogP contribution is -2.23. The van der Waals surface area contributed by atoms with Crippen LogP contribution in [0.5, 0.6) is 0 Å². The third-order valence-electron chi connectivity index (χ3n) is 3.09. The van der Waals surface area contributed by atoms with Gasteiger partial charge in [-0.1, -0.05) is 11.6 Å². The molecule has 1 N–H and O–H groups in total. The highest BCUT2D eigenvalue weighted by atomic mass is 35.5. The van der Waals surface area contributed by atoms with Gasteiger partial charge in [0.2, 0.25) is 0 Å². The maximum absolute atomic E-state index is 5.93. The Morgan fingerprint density at radius 3 is 3.31 bits per heavy atom. The van der Waals surface area contributed by atoms with Crippen molar-refractivity contribution in [2.45, 2.75) is 25.3 Å². The summed E-state index contributed by atoms with van der Waals surface area (Å²) in [5.41, 5.74) is 2.07. The molecule has 0 saturated carbocycles. The molecule has 0 radical (unpaired) electrons. The van der Waals surface area contributed by atoms with Crippen molar-refractivity contribution in [1.82, 2.24) is 14.7 Å². The third-order valence-corrected chi connectivity index (χ3v) is 3.33. The van der Waals surface area contributed by atoms with Gasteiger partial charge in [0.05, 0.1) is 5.69 Å². The summed E-state index contributed by atoms with van der Waals surface area (Å²) in [5.74, 6) is 0. The number of pyridine rings is 1. The SMILES string of the molecule is Clc1ccn2cc(CC3CCCN3)nc2c1. The molecule has 84 valence electrons. The van der Waals surface area contributed by atoms with Gasteiger partial charge in [-0.25, -0.2) is 4.98 Å². The normalized spacial score (nSPS) is 20.7. The molecule has 0 amide bonds. The van der Waals surface area contributed by atoms with Crippen LogP contribution in [0, 0.1) is 0 Å². The van der Waals surface area contributed by atoms with Crippen LogP contribution in [0.25, 0.3) is 5.65 Å².